The number of hydrogen-bond donors (Lipinski definition) is 1. The van der Waals surface area contributed by atoms with Gasteiger partial charge in [0.15, 0.2) is 0 Å². The Kier molecular flexibility index (Phi) is 3.23. The van der Waals surface area contributed by atoms with Gasteiger partial charge in [0.2, 0.25) is 5.91 Å². The van der Waals surface area contributed by atoms with Crippen LogP contribution in [0.25, 0.3) is 0 Å². The molecule has 2 aliphatic rings. The molecule has 2 rings (SSSR count). The Bertz CT molecular complexity index is 397. The molecule has 2 aliphatic heterocycles. The molecule has 3 amide bonds. The topological polar surface area (TPSA) is 69.7 Å². The maximum absolute atomic E-state index is 11.9. The van der Waals surface area contributed by atoms with Crippen molar-refractivity contribution >= 4 is 17.7 Å². The van der Waals surface area contributed by atoms with Crippen LogP contribution in [0.4, 0.5) is 0 Å². The van der Waals surface area contributed by atoms with Crippen LogP contribution in [0.5, 0.6) is 0 Å². The van der Waals surface area contributed by atoms with E-state index in [4.69, 9.17) is 0 Å². The number of nitrogens with zero attached hydrogens (tertiary/aromatic N) is 2. The van der Waals surface area contributed by atoms with Crippen LogP contribution in [0.1, 0.15) is 6.92 Å². The van der Waals surface area contributed by atoms with Gasteiger partial charge in [-0.3, -0.25) is 19.3 Å². The lowest BCUT2D eigenvalue weighted by Crippen LogP contribution is -2.50. The number of imide groups is 1. The van der Waals surface area contributed by atoms with Gasteiger partial charge in [-0.05, 0) is 6.92 Å². The van der Waals surface area contributed by atoms with Crippen LogP contribution < -0.4 is 5.32 Å². The van der Waals surface area contributed by atoms with Crippen LogP contribution in [0, 0.1) is 0 Å². The van der Waals surface area contributed by atoms with E-state index in [0.717, 1.165) is 18.0 Å². The smallest absolute Gasteiger partial charge is 0.257 e. The third-order valence-electron chi connectivity index (χ3n) is 2.95. The SMILES string of the molecule is CC1=CC(=O)N(CC(=O)N2CCNCC2)C1=O. The Morgan fingerprint density at radius 1 is 1.35 bits per heavy atom. The number of carbonyl (C=O) groups is 3. The van der Waals surface area contributed by atoms with Gasteiger partial charge in [-0.2, -0.15) is 0 Å². The Labute approximate surface area is 99.2 Å². The highest BCUT2D eigenvalue weighted by Crippen LogP contribution is 2.12. The molecule has 17 heavy (non-hydrogen) atoms. The molecule has 2 heterocycles. The first-order valence-electron chi connectivity index (χ1n) is 5.62. The van der Waals surface area contributed by atoms with E-state index >= 15 is 0 Å². The molecular formula is C11H15N3O3. The van der Waals surface area contributed by atoms with Crippen LogP contribution in [-0.2, 0) is 14.4 Å². The molecule has 0 unspecified atom stereocenters. The molecule has 92 valence electrons. The second-order valence-electron chi connectivity index (χ2n) is 4.19. The molecule has 0 spiro atoms. The molecule has 0 aromatic carbocycles. The second-order valence-corrected chi connectivity index (χ2v) is 4.19. The summed E-state index contributed by atoms with van der Waals surface area (Å²) in [5.41, 5.74) is 0.392. The Balaban J connectivity index is 1.95. The summed E-state index contributed by atoms with van der Waals surface area (Å²) < 4.78 is 0. The molecule has 0 atom stereocenters. The van der Waals surface area contributed by atoms with Gasteiger partial charge < -0.3 is 10.2 Å². The zero-order valence-corrected chi connectivity index (χ0v) is 9.73. The largest absolute Gasteiger partial charge is 0.339 e. The fraction of sp³-hybridized carbons (Fsp3) is 0.545. The van der Waals surface area contributed by atoms with Crippen molar-refractivity contribution in [1.29, 1.82) is 0 Å². The summed E-state index contributed by atoms with van der Waals surface area (Å²) in [5, 5.41) is 3.14. The minimum atomic E-state index is -0.393. The number of amides is 3. The highest BCUT2D eigenvalue weighted by Gasteiger charge is 2.31. The molecule has 6 nitrogen and oxygen atoms in total. The summed E-state index contributed by atoms with van der Waals surface area (Å²) in [5.74, 6) is -0.925. The predicted molar refractivity (Wildman–Crippen MR) is 59.9 cm³/mol. The molecule has 1 fully saturated rings. The van der Waals surface area contributed by atoms with Crippen LogP contribution in [0.15, 0.2) is 11.6 Å². The standard InChI is InChI=1S/C11H15N3O3/c1-8-6-9(15)14(11(8)17)7-10(16)13-4-2-12-3-5-13/h6,12H,2-5,7H2,1H3. The van der Waals surface area contributed by atoms with Gasteiger partial charge in [0, 0.05) is 37.8 Å². The van der Waals surface area contributed by atoms with Crippen molar-refractivity contribution in [3.63, 3.8) is 0 Å². The lowest BCUT2D eigenvalue weighted by molar-refractivity contribution is -0.144. The monoisotopic (exact) mass is 237 g/mol. The quantitative estimate of drug-likeness (QED) is 0.608. The lowest BCUT2D eigenvalue weighted by Gasteiger charge is -2.28. The number of piperazine rings is 1. The molecule has 0 aromatic rings. The molecular weight excluding hydrogens is 222 g/mol. The van der Waals surface area contributed by atoms with Crippen molar-refractivity contribution in [2.75, 3.05) is 32.7 Å². The summed E-state index contributed by atoms with van der Waals surface area (Å²) in [6.45, 7) is 4.19. The van der Waals surface area contributed by atoms with Gasteiger partial charge in [0.25, 0.3) is 11.8 Å². The molecule has 0 bridgehead atoms. The number of rotatable bonds is 2. The highest BCUT2D eigenvalue weighted by molar-refractivity contribution is 6.17. The van der Waals surface area contributed by atoms with E-state index in [9.17, 15) is 14.4 Å². The molecule has 0 radical (unpaired) electrons. The fourth-order valence-corrected chi connectivity index (χ4v) is 1.94. The molecule has 0 aromatic heterocycles. The Hall–Kier alpha value is -1.69. The Morgan fingerprint density at radius 3 is 2.53 bits per heavy atom. The summed E-state index contributed by atoms with van der Waals surface area (Å²) in [7, 11) is 0. The zero-order valence-electron chi connectivity index (χ0n) is 9.73. The van der Waals surface area contributed by atoms with Gasteiger partial charge in [0.1, 0.15) is 6.54 Å². The molecule has 1 saturated heterocycles. The number of hydrogen-bond acceptors (Lipinski definition) is 4. The average molecular weight is 237 g/mol. The van der Waals surface area contributed by atoms with Crippen molar-refractivity contribution in [2.45, 2.75) is 6.92 Å². The maximum Gasteiger partial charge on any atom is 0.257 e. The van der Waals surface area contributed by atoms with Gasteiger partial charge in [0.05, 0.1) is 0 Å². The fourth-order valence-electron chi connectivity index (χ4n) is 1.94. The van der Waals surface area contributed by atoms with Gasteiger partial charge in [-0.1, -0.05) is 0 Å². The first kappa shape index (κ1) is 11.8. The molecule has 1 N–H and O–H groups in total. The van der Waals surface area contributed by atoms with Gasteiger partial charge in [-0.25, -0.2) is 0 Å². The minimum absolute atomic E-state index is 0.147. The molecule has 6 heteroatoms. The van der Waals surface area contributed by atoms with Crippen LogP contribution in [-0.4, -0.2) is 60.2 Å². The van der Waals surface area contributed by atoms with E-state index in [1.807, 2.05) is 0 Å². The van der Waals surface area contributed by atoms with Crippen molar-refractivity contribution in [2.24, 2.45) is 0 Å². The summed E-state index contributed by atoms with van der Waals surface area (Å²) in [6.07, 6.45) is 1.27. The summed E-state index contributed by atoms with van der Waals surface area (Å²) in [4.78, 5) is 37.6. The maximum atomic E-state index is 11.9. The van der Waals surface area contributed by atoms with E-state index in [1.54, 1.807) is 11.8 Å². The van der Waals surface area contributed by atoms with Crippen LogP contribution in [0.2, 0.25) is 0 Å². The van der Waals surface area contributed by atoms with E-state index in [0.29, 0.717) is 18.7 Å². The first-order chi connectivity index (χ1) is 8.09. The summed E-state index contributed by atoms with van der Waals surface area (Å²) >= 11 is 0. The Morgan fingerprint density at radius 2 is 2.00 bits per heavy atom. The van der Waals surface area contributed by atoms with Crippen molar-refractivity contribution in [1.82, 2.24) is 15.1 Å². The summed E-state index contributed by atoms with van der Waals surface area (Å²) in [6, 6.07) is 0. The number of nitrogens with one attached hydrogen (secondary N) is 1. The second kappa shape index (κ2) is 4.67. The van der Waals surface area contributed by atoms with Crippen molar-refractivity contribution in [3.8, 4) is 0 Å². The lowest BCUT2D eigenvalue weighted by atomic mass is 10.3. The third kappa shape index (κ3) is 2.36. The third-order valence-corrected chi connectivity index (χ3v) is 2.95. The minimum Gasteiger partial charge on any atom is -0.339 e. The normalized spacial score (nSPS) is 20.9. The average Bonchev–Trinajstić information content (AvgIpc) is 2.57. The van der Waals surface area contributed by atoms with Gasteiger partial charge >= 0.3 is 0 Å². The van der Waals surface area contributed by atoms with Crippen molar-refractivity contribution < 1.29 is 14.4 Å². The van der Waals surface area contributed by atoms with Gasteiger partial charge in [-0.15, -0.1) is 0 Å². The number of carbonyl (C=O) groups excluding carboxylic acids is 3. The zero-order chi connectivity index (χ0) is 12.4. The highest BCUT2D eigenvalue weighted by atomic mass is 16.2. The van der Waals surface area contributed by atoms with Crippen LogP contribution in [0.3, 0.4) is 0 Å². The predicted octanol–water partition coefficient (Wildman–Crippen LogP) is -1.27. The van der Waals surface area contributed by atoms with E-state index in [2.05, 4.69) is 5.32 Å². The molecule has 0 aliphatic carbocycles. The van der Waals surface area contributed by atoms with E-state index < -0.39 is 5.91 Å². The van der Waals surface area contributed by atoms with E-state index in [-0.39, 0.29) is 18.4 Å². The molecule has 0 saturated carbocycles. The van der Waals surface area contributed by atoms with Crippen molar-refractivity contribution in [3.05, 3.63) is 11.6 Å². The van der Waals surface area contributed by atoms with Crippen LogP contribution >= 0.6 is 0 Å². The van der Waals surface area contributed by atoms with E-state index in [1.165, 1.54) is 6.08 Å². The first-order valence-corrected chi connectivity index (χ1v) is 5.62.